The molecule has 1 saturated heterocycles. The first kappa shape index (κ1) is 18.1. The summed E-state index contributed by atoms with van der Waals surface area (Å²) in [5.74, 6) is 0.101. The van der Waals surface area contributed by atoms with Gasteiger partial charge < -0.3 is 4.90 Å². The molecule has 5 nitrogen and oxygen atoms in total. The average molecular weight is 401 g/mol. The highest BCUT2D eigenvalue weighted by Gasteiger charge is 2.28. The number of sulfone groups is 1. The van der Waals surface area contributed by atoms with Crippen LogP contribution in [0.1, 0.15) is 34.1 Å². The number of amides is 1. The van der Waals surface area contributed by atoms with Crippen LogP contribution in [0.4, 0.5) is 0 Å². The Morgan fingerprint density at radius 3 is 2.78 bits per heavy atom. The number of benzene rings is 2. The summed E-state index contributed by atoms with van der Waals surface area (Å²) in [6, 6.07) is 14.4. The molecule has 1 aromatic heterocycles. The molecule has 0 bridgehead atoms. The maximum atomic E-state index is 12.9. The number of hydrogen-bond acceptors (Lipinski definition) is 5. The minimum atomic E-state index is -3.34. The largest absolute Gasteiger partial charge is 0.338 e. The lowest BCUT2D eigenvalue weighted by Gasteiger charge is -2.32. The van der Waals surface area contributed by atoms with E-state index in [1.807, 2.05) is 23.1 Å². The molecule has 0 N–H and O–H groups in total. The van der Waals surface area contributed by atoms with Crippen molar-refractivity contribution in [1.29, 1.82) is 0 Å². The number of hydrogen-bond donors (Lipinski definition) is 0. The van der Waals surface area contributed by atoms with Crippen LogP contribution in [0.5, 0.6) is 0 Å². The highest BCUT2D eigenvalue weighted by atomic mass is 32.2. The molecule has 1 aliphatic rings. The highest BCUT2D eigenvalue weighted by molar-refractivity contribution is 7.90. The molecule has 3 aromatic rings. The molecule has 7 heteroatoms. The molecule has 0 spiro atoms. The smallest absolute Gasteiger partial charge is 0.253 e. The van der Waals surface area contributed by atoms with Crippen molar-refractivity contribution < 1.29 is 13.2 Å². The summed E-state index contributed by atoms with van der Waals surface area (Å²) in [5.41, 5.74) is 1.42. The number of rotatable bonds is 3. The molecule has 2 heterocycles. The van der Waals surface area contributed by atoms with Crippen molar-refractivity contribution in [3.63, 3.8) is 0 Å². The molecule has 27 heavy (non-hydrogen) atoms. The normalized spacial score (nSPS) is 18.0. The standard InChI is InChI=1S/C20H20N2O3S2/c1-27(24,25)16-8-4-6-14(12-16)20(23)22-11-5-7-15(13-22)19-21-17-9-2-3-10-18(17)26-19/h2-4,6,8-10,12,15H,5,7,11,13H2,1H3/t15-/m0/s1. The average Bonchev–Trinajstić information content (AvgIpc) is 3.11. The van der Waals surface area contributed by atoms with Crippen LogP contribution in [-0.4, -0.2) is 43.6 Å². The van der Waals surface area contributed by atoms with Crippen molar-refractivity contribution in [3.05, 3.63) is 59.1 Å². The summed E-state index contributed by atoms with van der Waals surface area (Å²) < 4.78 is 24.7. The topological polar surface area (TPSA) is 67.3 Å². The lowest BCUT2D eigenvalue weighted by Crippen LogP contribution is -2.39. The van der Waals surface area contributed by atoms with Crippen LogP contribution in [0.25, 0.3) is 10.2 Å². The molecule has 140 valence electrons. The number of aromatic nitrogens is 1. The van der Waals surface area contributed by atoms with Gasteiger partial charge in [-0.15, -0.1) is 11.3 Å². The molecule has 4 rings (SSSR count). The van der Waals surface area contributed by atoms with E-state index in [1.54, 1.807) is 23.5 Å². The van der Waals surface area contributed by atoms with E-state index in [4.69, 9.17) is 4.98 Å². The fraction of sp³-hybridized carbons (Fsp3) is 0.300. The number of carbonyl (C=O) groups excluding carboxylic acids is 1. The van der Waals surface area contributed by atoms with Crippen LogP contribution in [0.15, 0.2) is 53.4 Å². The van der Waals surface area contributed by atoms with Gasteiger partial charge in [-0.2, -0.15) is 0 Å². The van der Waals surface area contributed by atoms with E-state index in [-0.39, 0.29) is 16.7 Å². The molecule has 0 radical (unpaired) electrons. The number of piperidine rings is 1. The molecular weight excluding hydrogens is 380 g/mol. The summed E-state index contributed by atoms with van der Waals surface area (Å²) >= 11 is 1.69. The Balaban J connectivity index is 1.57. The van der Waals surface area contributed by atoms with Crippen molar-refractivity contribution in [1.82, 2.24) is 9.88 Å². The zero-order valence-electron chi connectivity index (χ0n) is 15.0. The van der Waals surface area contributed by atoms with E-state index >= 15 is 0 Å². The van der Waals surface area contributed by atoms with Gasteiger partial charge in [0, 0.05) is 30.8 Å². The number of nitrogens with zero attached hydrogens (tertiary/aromatic N) is 2. The number of thiazole rings is 1. The minimum absolute atomic E-state index is 0.119. The fourth-order valence-electron chi connectivity index (χ4n) is 3.47. The van der Waals surface area contributed by atoms with E-state index in [0.717, 1.165) is 34.3 Å². The lowest BCUT2D eigenvalue weighted by molar-refractivity contribution is 0.0707. The molecule has 0 unspecified atom stereocenters. The SMILES string of the molecule is CS(=O)(=O)c1cccc(C(=O)N2CCC[C@H](c3nc4ccccc4s3)C2)c1. The molecule has 0 aliphatic carbocycles. The number of fused-ring (bicyclic) bond motifs is 1. The van der Waals surface area contributed by atoms with E-state index < -0.39 is 9.84 Å². The van der Waals surface area contributed by atoms with Crippen LogP contribution >= 0.6 is 11.3 Å². The first-order chi connectivity index (χ1) is 12.9. The van der Waals surface area contributed by atoms with E-state index in [2.05, 4.69) is 6.07 Å². The molecule has 1 aliphatic heterocycles. The zero-order chi connectivity index (χ0) is 19.0. The van der Waals surface area contributed by atoms with Gasteiger partial charge in [-0.05, 0) is 43.2 Å². The summed E-state index contributed by atoms with van der Waals surface area (Å²) in [5, 5.41) is 1.07. The Kier molecular flexibility index (Phi) is 4.74. The van der Waals surface area contributed by atoms with Gasteiger partial charge >= 0.3 is 0 Å². The molecule has 2 aromatic carbocycles. The van der Waals surface area contributed by atoms with Gasteiger partial charge in [-0.25, -0.2) is 13.4 Å². The minimum Gasteiger partial charge on any atom is -0.338 e. The monoisotopic (exact) mass is 400 g/mol. The quantitative estimate of drug-likeness (QED) is 0.672. The zero-order valence-corrected chi connectivity index (χ0v) is 16.6. The Labute approximate surface area is 162 Å². The van der Waals surface area contributed by atoms with Gasteiger partial charge in [0.05, 0.1) is 20.1 Å². The Morgan fingerprint density at radius 1 is 1.19 bits per heavy atom. The fourth-order valence-corrected chi connectivity index (χ4v) is 5.23. The molecule has 1 fully saturated rings. The van der Waals surface area contributed by atoms with Crippen LogP contribution in [0, 0.1) is 0 Å². The van der Waals surface area contributed by atoms with Gasteiger partial charge in [0.15, 0.2) is 9.84 Å². The van der Waals surface area contributed by atoms with Crippen molar-refractivity contribution in [2.75, 3.05) is 19.3 Å². The van der Waals surface area contributed by atoms with E-state index in [1.165, 1.54) is 12.1 Å². The second-order valence-corrected chi connectivity index (χ2v) is 9.99. The number of carbonyl (C=O) groups is 1. The third-order valence-corrected chi connectivity index (χ3v) is 7.19. The van der Waals surface area contributed by atoms with Crippen LogP contribution in [-0.2, 0) is 9.84 Å². The van der Waals surface area contributed by atoms with Crippen molar-refractivity contribution in [2.45, 2.75) is 23.7 Å². The first-order valence-electron chi connectivity index (χ1n) is 8.87. The van der Waals surface area contributed by atoms with Gasteiger partial charge in [0.2, 0.25) is 0 Å². The number of likely N-dealkylation sites (tertiary alicyclic amines) is 1. The molecule has 1 amide bonds. The van der Waals surface area contributed by atoms with Crippen molar-refractivity contribution >= 4 is 37.3 Å². The van der Waals surface area contributed by atoms with Crippen LogP contribution in [0.2, 0.25) is 0 Å². The molecule has 0 saturated carbocycles. The van der Waals surface area contributed by atoms with E-state index in [9.17, 15) is 13.2 Å². The van der Waals surface area contributed by atoms with Gasteiger partial charge in [0.25, 0.3) is 5.91 Å². The van der Waals surface area contributed by atoms with Crippen molar-refractivity contribution in [3.8, 4) is 0 Å². The Bertz CT molecular complexity index is 1070. The lowest BCUT2D eigenvalue weighted by atomic mass is 9.98. The Morgan fingerprint density at radius 2 is 2.00 bits per heavy atom. The first-order valence-corrected chi connectivity index (χ1v) is 11.6. The summed E-state index contributed by atoms with van der Waals surface area (Å²) in [6.07, 6.45) is 3.08. The van der Waals surface area contributed by atoms with E-state index in [0.29, 0.717) is 18.7 Å². The predicted molar refractivity (Wildman–Crippen MR) is 107 cm³/mol. The molecule has 1 atom stereocenters. The summed E-state index contributed by atoms with van der Waals surface area (Å²) in [6.45, 7) is 1.30. The highest BCUT2D eigenvalue weighted by Crippen LogP contribution is 2.33. The van der Waals surface area contributed by atoms with Gasteiger partial charge in [0.1, 0.15) is 0 Å². The third kappa shape index (κ3) is 3.75. The van der Waals surface area contributed by atoms with Gasteiger partial charge in [-0.3, -0.25) is 4.79 Å². The Hall–Kier alpha value is -2.25. The third-order valence-electron chi connectivity index (χ3n) is 4.88. The summed E-state index contributed by atoms with van der Waals surface area (Å²) in [4.78, 5) is 19.7. The van der Waals surface area contributed by atoms with Crippen molar-refractivity contribution in [2.24, 2.45) is 0 Å². The maximum Gasteiger partial charge on any atom is 0.253 e. The maximum absolute atomic E-state index is 12.9. The second-order valence-electron chi connectivity index (χ2n) is 6.91. The van der Waals surface area contributed by atoms with Crippen LogP contribution < -0.4 is 0 Å². The van der Waals surface area contributed by atoms with Crippen LogP contribution in [0.3, 0.4) is 0 Å². The second kappa shape index (κ2) is 7.05. The molecular formula is C20H20N2O3S2. The summed E-state index contributed by atoms with van der Waals surface area (Å²) in [7, 11) is -3.34. The number of para-hydroxylation sites is 1. The predicted octanol–water partition coefficient (Wildman–Crippen LogP) is 3.72. The van der Waals surface area contributed by atoms with Gasteiger partial charge in [-0.1, -0.05) is 18.2 Å².